The van der Waals surface area contributed by atoms with E-state index in [-0.39, 0.29) is 23.7 Å². The summed E-state index contributed by atoms with van der Waals surface area (Å²) < 4.78 is 10.6. The van der Waals surface area contributed by atoms with Crippen LogP contribution in [0.4, 0.5) is 0 Å². The molecule has 0 amide bonds. The van der Waals surface area contributed by atoms with Crippen molar-refractivity contribution in [3.8, 4) is 11.5 Å². The van der Waals surface area contributed by atoms with Crippen molar-refractivity contribution in [3.63, 3.8) is 0 Å². The molecule has 0 saturated heterocycles. The molecule has 0 saturated carbocycles. The molecule has 158 valence electrons. The zero-order valence-corrected chi connectivity index (χ0v) is 17.8. The molecule has 0 aromatic heterocycles. The first kappa shape index (κ1) is 23.8. The second-order valence-corrected chi connectivity index (χ2v) is 7.62. The molecular weight excluding hydrogens is 360 g/mol. The lowest BCUT2D eigenvalue weighted by Gasteiger charge is -2.22. The highest BCUT2D eigenvalue weighted by atomic mass is 16.5. The molecule has 0 heterocycles. The summed E-state index contributed by atoms with van der Waals surface area (Å²) in [6.45, 7) is 10.9. The lowest BCUT2D eigenvalue weighted by molar-refractivity contribution is -0.150. The van der Waals surface area contributed by atoms with Crippen molar-refractivity contribution in [1.29, 1.82) is 0 Å². The Hall–Kier alpha value is -2.24. The zero-order chi connectivity index (χ0) is 21.4. The molecule has 0 aliphatic heterocycles. The summed E-state index contributed by atoms with van der Waals surface area (Å²) in [5, 5.41) is 21.2. The van der Waals surface area contributed by atoms with Crippen LogP contribution in [-0.4, -0.2) is 34.4 Å². The molecule has 0 radical (unpaired) electrons. The molecule has 2 unspecified atom stereocenters. The topological polar surface area (TPSA) is 93.1 Å². The van der Waals surface area contributed by atoms with Gasteiger partial charge in [0, 0.05) is 11.1 Å². The van der Waals surface area contributed by atoms with Crippen LogP contribution in [0, 0.1) is 0 Å². The van der Waals surface area contributed by atoms with Crippen LogP contribution in [0.1, 0.15) is 90.2 Å². The van der Waals surface area contributed by atoms with E-state index in [9.17, 15) is 19.8 Å². The van der Waals surface area contributed by atoms with Gasteiger partial charge in [0.1, 0.15) is 11.5 Å². The third kappa shape index (κ3) is 6.43. The predicted molar refractivity (Wildman–Crippen MR) is 108 cm³/mol. The molecule has 0 spiro atoms. The second kappa shape index (κ2) is 10.9. The maximum absolute atomic E-state index is 12.5. The Balaban J connectivity index is 3.32. The fourth-order valence-corrected chi connectivity index (χ4v) is 3.17. The minimum Gasteiger partial charge on any atom is -0.508 e. The molecule has 0 aliphatic rings. The first-order valence-corrected chi connectivity index (χ1v) is 10.1. The normalized spacial score (nSPS) is 13.4. The van der Waals surface area contributed by atoms with E-state index in [4.69, 9.17) is 9.47 Å². The number of phenols is 2. The molecule has 28 heavy (non-hydrogen) atoms. The molecule has 0 bridgehead atoms. The lowest BCUT2D eigenvalue weighted by atomic mass is 9.88. The Morgan fingerprint density at radius 3 is 1.36 bits per heavy atom. The van der Waals surface area contributed by atoms with Gasteiger partial charge >= 0.3 is 11.9 Å². The summed E-state index contributed by atoms with van der Waals surface area (Å²) in [5.41, 5.74) is 0.613. The van der Waals surface area contributed by atoms with Crippen molar-refractivity contribution in [2.24, 2.45) is 0 Å². The molecule has 2 atom stereocenters. The van der Waals surface area contributed by atoms with Crippen LogP contribution in [0.15, 0.2) is 12.1 Å². The van der Waals surface area contributed by atoms with E-state index >= 15 is 0 Å². The van der Waals surface area contributed by atoms with E-state index in [2.05, 4.69) is 0 Å². The van der Waals surface area contributed by atoms with Gasteiger partial charge in [-0.2, -0.15) is 0 Å². The quantitative estimate of drug-likeness (QED) is 0.439. The Morgan fingerprint density at radius 1 is 0.786 bits per heavy atom. The standard InChI is InChI=1S/C22H34O6/c1-7-9-15(21(25)27-13(3)4)17-11-20(24)18(12-19(17)23)16(10-8-2)22(26)28-14(5)6/h11-16,23-24H,7-10H2,1-6H3. The molecule has 2 N–H and O–H groups in total. The van der Waals surface area contributed by atoms with Crippen molar-refractivity contribution in [1.82, 2.24) is 0 Å². The Labute approximate surface area is 167 Å². The second-order valence-electron chi connectivity index (χ2n) is 7.62. The molecule has 6 heteroatoms. The third-order valence-corrected chi connectivity index (χ3v) is 4.35. The van der Waals surface area contributed by atoms with Crippen molar-refractivity contribution < 1.29 is 29.3 Å². The van der Waals surface area contributed by atoms with Gasteiger partial charge in [-0.15, -0.1) is 0 Å². The van der Waals surface area contributed by atoms with E-state index in [0.29, 0.717) is 36.8 Å². The zero-order valence-electron chi connectivity index (χ0n) is 17.8. The van der Waals surface area contributed by atoms with E-state index in [0.717, 1.165) is 0 Å². The first-order valence-electron chi connectivity index (χ1n) is 10.1. The molecule has 0 aliphatic carbocycles. The van der Waals surface area contributed by atoms with Gasteiger partial charge in [-0.05, 0) is 52.7 Å². The van der Waals surface area contributed by atoms with Gasteiger partial charge in [0.05, 0.1) is 24.0 Å². The number of hydrogen-bond donors (Lipinski definition) is 2. The number of rotatable bonds is 10. The van der Waals surface area contributed by atoms with Gasteiger partial charge in [0.25, 0.3) is 0 Å². The van der Waals surface area contributed by atoms with Crippen LogP contribution in [-0.2, 0) is 19.1 Å². The average molecular weight is 395 g/mol. The number of phenolic OH excluding ortho intramolecular Hbond substituents is 2. The fraction of sp³-hybridized carbons (Fsp3) is 0.636. The number of carbonyl (C=O) groups is 2. The van der Waals surface area contributed by atoms with E-state index in [1.54, 1.807) is 27.7 Å². The fourth-order valence-electron chi connectivity index (χ4n) is 3.17. The van der Waals surface area contributed by atoms with Crippen molar-refractivity contribution in [2.45, 2.75) is 91.3 Å². The average Bonchev–Trinajstić information content (AvgIpc) is 2.58. The molecule has 1 aromatic rings. The smallest absolute Gasteiger partial charge is 0.313 e. The van der Waals surface area contributed by atoms with Gasteiger partial charge in [0.2, 0.25) is 0 Å². The maximum atomic E-state index is 12.5. The molecule has 1 aromatic carbocycles. The van der Waals surface area contributed by atoms with Crippen LogP contribution in [0.5, 0.6) is 11.5 Å². The summed E-state index contributed by atoms with van der Waals surface area (Å²) in [4.78, 5) is 24.9. The Morgan fingerprint density at radius 2 is 1.11 bits per heavy atom. The van der Waals surface area contributed by atoms with Crippen LogP contribution in [0.3, 0.4) is 0 Å². The van der Waals surface area contributed by atoms with Gasteiger partial charge in [-0.25, -0.2) is 0 Å². The minimum absolute atomic E-state index is 0.134. The summed E-state index contributed by atoms with van der Waals surface area (Å²) in [6, 6.07) is 2.75. The summed E-state index contributed by atoms with van der Waals surface area (Å²) in [6.07, 6.45) is 1.82. The molecule has 0 fully saturated rings. The Bertz CT molecular complexity index is 607. The highest BCUT2D eigenvalue weighted by Crippen LogP contribution is 2.40. The number of hydrogen-bond acceptors (Lipinski definition) is 6. The molecular formula is C22H34O6. The highest BCUT2D eigenvalue weighted by Gasteiger charge is 2.30. The highest BCUT2D eigenvalue weighted by molar-refractivity contribution is 5.82. The summed E-state index contributed by atoms with van der Waals surface area (Å²) in [5.74, 6) is -2.51. The molecule has 1 rings (SSSR count). The van der Waals surface area contributed by atoms with Gasteiger partial charge in [-0.3, -0.25) is 9.59 Å². The van der Waals surface area contributed by atoms with Crippen molar-refractivity contribution in [3.05, 3.63) is 23.3 Å². The third-order valence-electron chi connectivity index (χ3n) is 4.35. The Kier molecular flexibility index (Phi) is 9.29. The van der Waals surface area contributed by atoms with Gasteiger partial charge in [-0.1, -0.05) is 26.7 Å². The van der Waals surface area contributed by atoms with Crippen molar-refractivity contribution >= 4 is 11.9 Å². The largest absolute Gasteiger partial charge is 0.508 e. The SMILES string of the molecule is CCCC(C(=O)OC(C)C)c1cc(O)c(C(CCC)C(=O)OC(C)C)cc1O. The first-order chi connectivity index (χ1) is 13.1. The van der Waals surface area contributed by atoms with Crippen LogP contribution < -0.4 is 0 Å². The number of carbonyl (C=O) groups excluding carboxylic acids is 2. The van der Waals surface area contributed by atoms with E-state index < -0.39 is 23.8 Å². The summed E-state index contributed by atoms with van der Waals surface area (Å²) >= 11 is 0. The van der Waals surface area contributed by atoms with Crippen LogP contribution >= 0.6 is 0 Å². The lowest BCUT2D eigenvalue weighted by Crippen LogP contribution is -2.21. The van der Waals surface area contributed by atoms with Crippen molar-refractivity contribution in [2.75, 3.05) is 0 Å². The number of benzene rings is 1. The van der Waals surface area contributed by atoms with Gasteiger partial charge in [0.15, 0.2) is 0 Å². The minimum atomic E-state index is -0.681. The van der Waals surface area contributed by atoms with Crippen LogP contribution in [0.2, 0.25) is 0 Å². The maximum Gasteiger partial charge on any atom is 0.313 e. The number of esters is 2. The van der Waals surface area contributed by atoms with E-state index in [1.165, 1.54) is 12.1 Å². The van der Waals surface area contributed by atoms with E-state index in [1.807, 2.05) is 13.8 Å². The van der Waals surface area contributed by atoms with Gasteiger partial charge < -0.3 is 19.7 Å². The van der Waals surface area contributed by atoms with Crippen LogP contribution in [0.25, 0.3) is 0 Å². The monoisotopic (exact) mass is 394 g/mol. The number of ether oxygens (including phenoxy) is 2. The summed E-state index contributed by atoms with van der Waals surface area (Å²) in [7, 11) is 0. The number of aromatic hydroxyl groups is 2. The predicted octanol–water partition coefficient (Wildman–Crippen LogP) is 4.77. The molecule has 6 nitrogen and oxygen atoms in total.